The van der Waals surface area contributed by atoms with E-state index >= 15 is 0 Å². The maximum atomic E-state index is 12.1. The largest absolute Gasteiger partial charge is 0.388 e. The monoisotopic (exact) mass is 260 g/mol. The second-order valence-electron chi connectivity index (χ2n) is 4.45. The number of benzene rings is 1. The number of hydrogen-bond acceptors (Lipinski definition) is 4. The lowest BCUT2D eigenvalue weighted by Crippen LogP contribution is -2.67. The summed E-state index contributed by atoms with van der Waals surface area (Å²) in [7, 11) is 5.52. The third-order valence-electron chi connectivity index (χ3n) is 3.49. The Balaban J connectivity index is 2.70. The summed E-state index contributed by atoms with van der Waals surface area (Å²) < 4.78 is 0. The normalized spacial score (nSPS) is 16.6. The van der Waals surface area contributed by atoms with E-state index in [-0.39, 0.29) is 5.91 Å². The molecule has 0 aliphatic carbocycles. The Hall–Kier alpha value is -1.85. The zero-order chi connectivity index (χ0) is 14.0. The fraction of sp³-hybridized carbons (Fsp3) is 0.357. The molecule has 0 unspecified atom stereocenters. The number of rotatable bonds is 3. The second kappa shape index (κ2) is 5.03. The van der Waals surface area contributed by atoms with Crippen molar-refractivity contribution in [1.82, 2.24) is 16.0 Å². The summed E-state index contributed by atoms with van der Waals surface area (Å²) in [6.45, 7) is 1.57. The maximum absolute atomic E-state index is 12.1. The number of para-hydroxylation sites is 1. The van der Waals surface area contributed by atoms with Crippen LogP contribution in [0.15, 0.2) is 30.3 Å². The zero-order valence-electron chi connectivity index (χ0n) is 11.7. The van der Waals surface area contributed by atoms with Crippen LogP contribution in [0.1, 0.15) is 12.5 Å². The van der Waals surface area contributed by atoms with Crippen molar-refractivity contribution in [2.45, 2.75) is 12.7 Å². The first kappa shape index (κ1) is 13.6. The van der Waals surface area contributed by atoms with Gasteiger partial charge in [0.2, 0.25) is 5.91 Å². The smallest absolute Gasteiger partial charge is 0.226 e. The molecule has 0 spiro atoms. The van der Waals surface area contributed by atoms with Gasteiger partial charge in [0.25, 0.3) is 0 Å². The molecule has 1 aromatic rings. The van der Waals surface area contributed by atoms with Gasteiger partial charge in [-0.25, -0.2) is 0 Å². The Labute approximate surface area is 113 Å². The highest BCUT2D eigenvalue weighted by molar-refractivity contribution is 5.99. The van der Waals surface area contributed by atoms with Crippen LogP contribution in [0.5, 0.6) is 0 Å². The third-order valence-corrected chi connectivity index (χ3v) is 3.49. The van der Waals surface area contributed by atoms with Crippen LogP contribution in [0.4, 0.5) is 5.69 Å². The molecule has 1 aromatic carbocycles. The van der Waals surface area contributed by atoms with E-state index < -0.39 is 5.79 Å². The summed E-state index contributed by atoms with van der Waals surface area (Å²) in [5.41, 5.74) is 2.88. The molecule has 5 nitrogen and oxygen atoms in total. The first-order chi connectivity index (χ1) is 9.09. The quantitative estimate of drug-likeness (QED) is 0.701. The molecule has 1 aliphatic rings. The van der Waals surface area contributed by atoms with Crippen LogP contribution in [-0.2, 0) is 4.79 Å². The lowest BCUT2D eigenvalue weighted by molar-refractivity contribution is -0.117. The molecular weight excluding hydrogens is 240 g/mol. The molecule has 0 fully saturated rings. The molecule has 102 valence electrons. The maximum Gasteiger partial charge on any atom is 0.226 e. The standard InChI is InChI=1S/C14H20N4O/c1-10(19)18-13-8-6-5-7-11(13)12(15-2)9-14(18,16-3)17-4/h5-9,15-17H,1-4H3. The summed E-state index contributed by atoms with van der Waals surface area (Å²) in [5, 5.41) is 9.55. The molecule has 1 aliphatic heterocycles. The van der Waals surface area contributed by atoms with Crippen molar-refractivity contribution < 1.29 is 4.79 Å². The minimum Gasteiger partial charge on any atom is -0.388 e. The Bertz CT molecular complexity index is 520. The molecule has 0 radical (unpaired) electrons. The number of nitrogens with one attached hydrogen (secondary N) is 3. The highest BCUT2D eigenvalue weighted by Crippen LogP contribution is 2.35. The molecule has 0 saturated heterocycles. The molecule has 5 heteroatoms. The van der Waals surface area contributed by atoms with E-state index in [0.29, 0.717) is 0 Å². The van der Waals surface area contributed by atoms with Crippen molar-refractivity contribution in [3.05, 3.63) is 35.9 Å². The van der Waals surface area contributed by atoms with Gasteiger partial charge in [-0.15, -0.1) is 0 Å². The molecular formula is C14H20N4O. The van der Waals surface area contributed by atoms with E-state index in [1.807, 2.05) is 51.5 Å². The summed E-state index contributed by atoms with van der Waals surface area (Å²) in [6, 6.07) is 7.85. The van der Waals surface area contributed by atoms with Crippen molar-refractivity contribution >= 4 is 17.3 Å². The Morgan fingerprint density at radius 2 is 1.79 bits per heavy atom. The fourth-order valence-corrected chi connectivity index (χ4v) is 2.56. The molecule has 1 heterocycles. The van der Waals surface area contributed by atoms with E-state index in [1.165, 1.54) is 0 Å². The van der Waals surface area contributed by atoms with Gasteiger partial charge < -0.3 is 5.32 Å². The van der Waals surface area contributed by atoms with Gasteiger partial charge in [-0.1, -0.05) is 18.2 Å². The van der Waals surface area contributed by atoms with Crippen LogP contribution >= 0.6 is 0 Å². The van der Waals surface area contributed by atoms with Gasteiger partial charge in [-0.2, -0.15) is 0 Å². The van der Waals surface area contributed by atoms with Gasteiger partial charge in [0.05, 0.1) is 5.69 Å². The number of nitrogens with zero attached hydrogens (tertiary/aromatic N) is 1. The number of fused-ring (bicyclic) bond motifs is 1. The highest BCUT2D eigenvalue weighted by atomic mass is 16.2. The first-order valence-corrected chi connectivity index (χ1v) is 6.28. The van der Waals surface area contributed by atoms with Crippen LogP contribution in [0, 0.1) is 0 Å². The van der Waals surface area contributed by atoms with Gasteiger partial charge in [0.15, 0.2) is 5.79 Å². The number of amides is 1. The van der Waals surface area contributed by atoms with E-state index in [1.54, 1.807) is 11.8 Å². The third kappa shape index (κ3) is 2.01. The topological polar surface area (TPSA) is 56.4 Å². The van der Waals surface area contributed by atoms with Crippen molar-refractivity contribution in [1.29, 1.82) is 0 Å². The van der Waals surface area contributed by atoms with E-state index in [4.69, 9.17) is 0 Å². The number of anilines is 1. The van der Waals surface area contributed by atoms with E-state index in [9.17, 15) is 4.79 Å². The van der Waals surface area contributed by atoms with Gasteiger partial charge in [0.1, 0.15) is 0 Å². The Kier molecular flexibility index (Phi) is 3.59. The number of likely N-dealkylation sites (N-methyl/N-ethyl adjacent to an activating group) is 2. The summed E-state index contributed by atoms with van der Waals surface area (Å²) in [6.07, 6.45) is 1.98. The number of hydrogen-bond donors (Lipinski definition) is 3. The van der Waals surface area contributed by atoms with Crippen molar-refractivity contribution in [2.75, 3.05) is 26.0 Å². The van der Waals surface area contributed by atoms with Crippen molar-refractivity contribution in [3.8, 4) is 0 Å². The molecule has 0 aromatic heterocycles. The van der Waals surface area contributed by atoms with E-state index in [2.05, 4.69) is 16.0 Å². The van der Waals surface area contributed by atoms with E-state index in [0.717, 1.165) is 16.9 Å². The van der Waals surface area contributed by atoms with Crippen LogP contribution < -0.4 is 20.9 Å². The van der Waals surface area contributed by atoms with Gasteiger partial charge >= 0.3 is 0 Å². The van der Waals surface area contributed by atoms with Crippen LogP contribution in [-0.4, -0.2) is 32.8 Å². The van der Waals surface area contributed by atoms with Crippen LogP contribution in [0.3, 0.4) is 0 Å². The average Bonchev–Trinajstić information content (AvgIpc) is 2.44. The lowest BCUT2D eigenvalue weighted by Gasteiger charge is -2.45. The molecule has 2 rings (SSSR count). The average molecular weight is 260 g/mol. The molecule has 1 amide bonds. The lowest BCUT2D eigenvalue weighted by atomic mass is 9.99. The summed E-state index contributed by atoms with van der Waals surface area (Å²) in [5.74, 6) is -0.749. The van der Waals surface area contributed by atoms with Gasteiger partial charge in [-0.05, 0) is 26.2 Å². The summed E-state index contributed by atoms with van der Waals surface area (Å²) >= 11 is 0. The van der Waals surface area contributed by atoms with Crippen molar-refractivity contribution in [3.63, 3.8) is 0 Å². The molecule has 3 N–H and O–H groups in total. The van der Waals surface area contributed by atoms with Crippen molar-refractivity contribution in [2.24, 2.45) is 0 Å². The first-order valence-electron chi connectivity index (χ1n) is 6.28. The van der Waals surface area contributed by atoms with Gasteiger partial charge in [-0.3, -0.25) is 20.3 Å². The zero-order valence-corrected chi connectivity index (χ0v) is 11.7. The Morgan fingerprint density at radius 3 is 2.32 bits per heavy atom. The number of carbonyl (C=O) groups excluding carboxylic acids is 1. The van der Waals surface area contributed by atoms with Crippen LogP contribution in [0.2, 0.25) is 0 Å². The van der Waals surface area contributed by atoms with Gasteiger partial charge in [0, 0.05) is 25.2 Å². The minimum absolute atomic E-state index is 0.0254. The second-order valence-corrected chi connectivity index (χ2v) is 4.45. The Morgan fingerprint density at radius 1 is 1.16 bits per heavy atom. The fourth-order valence-electron chi connectivity index (χ4n) is 2.56. The number of carbonyl (C=O) groups is 1. The minimum atomic E-state index is -0.724. The summed E-state index contributed by atoms with van der Waals surface area (Å²) in [4.78, 5) is 13.8. The molecule has 0 bridgehead atoms. The predicted octanol–water partition coefficient (Wildman–Crippen LogP) is 0.706. The molecule has 0 saturated carbocycles. The highest BCUT2D eigenvalue weighted by Gasteiger charge is 2.40. The molecule has 0 atom stereocenters. The predicted molar refractivity (Wildman–Crippen MR) is 77.5 cm³/mol. The van der Waals surface area contributed by atoms with Crippen LogP contribution in [0.25, 0.3) is 5.70 Å². The molecule has 19 heavy (non-hydrogen) atoms. The SMILES string of the molecule is CNC1=CC(NC)(NC)N(C(C)=O)c2ccccc21.